The predicted octanol–water partition coefficient (Wildman–Crippen LogP) is 2.62. The van der Waals surface area contributed by atoms with E-state index in [1.807, 2.05) is 13.8 Å². The second kappa shape index (κ2) is 2.78. The molecule has 0 aromatic rings. The van der Waals surface area contributed by atoms with Gasteiger partial charge in [-0.25, -0.2) is 0 Å². The minimum Gasteiger partial charge on any atom is -0.463 e. The van der Waals surface area contributed by atoms with Crippen molar-refractivity contribution in [3.63, 3.8) is 0 Å². The molecule has 3 aliphatic rings. The standard InChI is InChI=1S/C13H20O2/c1-7(2)15-12(14)10-5-9-4-8(3)11-6-13(9,10)11/h7-11H,4-6H2,1-3H3. The minimum atomic E-state index is 0.0453. The lowest BCUT2D eigenvalue weighted by Crippen LogP contribution is -2.43. The lowest BCUT2D eigenvalue weighted by atomic mass is 9.62. The lowest BCUT2D eigenvalue weighted by Gasteiger charge is -2.42. The number of ether oxygens (including phenoxy) is 1. The van der Waals surface area contributed by atoms with Gasteiger partial charge in [0.25, 0.3) is 0 Å². The van der Waals surface area contributed by atoms with Gasteiger partial charge in [-0.15, -0.1) is 0 Å². The molecule has 0 amide bonds. The highest BCUT2D eigenvalue weighted by Gasteiger charge is 2.76. The van der Waals surface area contributed by atoms with Crippen molar-refractivity contribution in [3.05, 3.63) is 0 Å². The number of hydrogen-bond donors (Lipinski definition) is 0. The molecule has 84 valence electrons. The molecule has 0 aliphatic heterocycles. The van der Waals surface area contributed by atoms with Gasteiger partial charge in [0.15, 0.2) is 0 Å². The fourth-order valence-electron chi connectivity index (χ4n) is 4.33. The van der Waals surface area contributed by atoms with Gasteiger partial charge in [0.05, 0.1) is 12.0 Å². The van der Waals surface area contributed by atoms with Crippen molar-refractivity contribution in [2.24, 2.45) is 29.1 Å². The molecule has 0 saturated heterocycles. The maximum atomic E-state index is 11.9. The largest absolute Gasteiger partial charge is 0.463 e. The summed E-state index contributed by atoms with van der Waals surface area (Å²) in [6, 6.07) is 0. The first-order chi connectivity index (χ1) is 7.05. The Morgan fingerprint density at radius 1 is 1.40 bits per heavy atom. The van der Waals surface area contributed by atoms with E-state index >= 15 is 0 Å². The molecule has 0 radical (unpaired) electrons. The summed E-state index contributed by atoms with van der Waals surface area (Å²) in [5, 5.41) is 0. The molecule has 0 heterocycles. The summed E-state index contributed by atoms with van der Waals surface area (Å²) in [4.78, 5) is 11.9. The Hall–Kier alpha value is -0.530. The quantitative estimate of drug-likeness (QED) is 0.652. The summed E-state index contributed by atoms with van der Waals surface area (Å²) in [6.45, 7) is 6.23. The monoisotopic (exact) mass is 208 g/mol. The molecule has 2 heteroatoms. The Balaban J connectivity index is 1.70. The van der Waals surface area contributed by atoms with Crippen molar-refractivity contribution >= 4 is 5.97 Å². The molecule has 0 N–H and O–H groups in total. The highest BCUT2D eigenvalue weighted by Crippen LogP contribution is 2.80. The summed E-state index contributed by atoms with van der Waals surface area (Å²) in [6.07, 6.45) is 3.81. The van der Waals surface area contributed by atoms with Crippen molar-refractivity contribution in [2.75, 3.05) is 0 Å². The Kier molecular flexibility index (Phi) is 1.79. The van der Waals surface area contributed by atoms with Crippen LogP contribution in [0.4, 0.5) is 0 Å². The van der Waals surface area contributed by atoms with Crippen molar-refractivity contribution in [2.45, 2.75) is 46.1 Å². The first kappa shape index (κ1) is 9.68. The Labute approximate surface area is 91.4 Å². The number of hydrogen-bond acceptors (Lipinski definition) is 2. The predicted molar refractivity (Wildman–Crippen MR) is 57.1 cm³/mol. The average molecular weight is 208 g/mol. The molecule has 2 nitrogen and oxygen atoms in total. The van der Waals surface area contributed by atoms with E-state index in [-0.39, 0.29) is 18.0 Å². The molecule has 3 rings (SSSR count). The second-order valence-electron chi connectivity index (χ2n) is 6.11. The van der Waals surface area contributed by atoms with E-state index in [9.17, 15) is 4.79 Å². The van der Waals surface area contributed by atoms with Crippen LogP contribution in [-0.4, -0.2) is 12.1 Å². The van der Waals surface area contributed by atoms with E-state index in [4.69, 9.17) is 4.74 Å². The van der Waals surface area contributed by atoms with Crippen LogP contribution in [0.1, 0.15) is 40.0 Å². The summed E-state index contributed by atoms with van der Waals surface area (Å²) >= 11 is 0. The van der Waals surface area contributed by atoms with Gasteiger partial charge < -0.3 is 4.74 Å². The molecule has 0 aromatic heterocycles. The van der Waals surface area contributed by atoms with E-state index in [2.05, 4.69) is 6.92 Å². The van der Waals surface area contributed by atoms with Gasteiger partial charge in [-0.2, -0.15) is 0 Å². The number of rotatable bonds is 2. The van der Waals surface area contributed by atoms with E-state index < -0.39 is 0 Å². The van der Waals surface area contributed by atoms with Crippen LogP contribution >= 0.6 is 0 Å². The summed E-state index contributed by atoms with van der Waals surface area (Å²) in [5.41, 5.74) is 0.422. The SMILES string of the molecule is CC(C)OC(=O)C1CC2CC(C)C3CC213. The van der Waals surface area contributed by atoms with Gasteiger partial charge in [-0.3, -0.25) is 4.79 Å². The molecule has 1 spiro atoms. The molecule has 0 aromatic carbocycles. The Morgan fingerprint density at radius 2 is 2.13 bits per heavy atom. The van der Waals surface area contributed by atoms with Crippen LogP contribution in [0, 0.1) is 29.1 Å². The normalized spacial score (nSPS) is 50.7. The van der Waals surface area contributed by atoms with Crippen LogP contribution in [0.5, 0.6) is 0 Å². The van der Waals surface area contributed by atoms with Crippen LogP contribution in [0.25, 0.3) is 0 Å². The van der Waals surface area contributed by atoms with Crippen molar-refractivity contribution < 1.29 is 9.53 Å². The highest BCUT2D eigenvalue weighted by molar-refractivity contribution is 5.76. The van der Waals surface area contributed by atoms with E-state index in [0.717, 1.165) is 24.2 Å². The molecule has 5 unspecified atom stereocenters. The van der Waals surface area contributed by atoms with Gasteiger partial charge >= 0.3 is 5.97 Å². The Morgan fingerprint density at radius 3 is 2.67 bits per heavy atom. The van der Waals surface area contributed by atoms with Crippen LogP contribution < -0.4 is 0 Å². The zero-order valence-corrected chi connectivity index (χ0v) is 9.82. The number of carbonyl (C=O) groups excluding carboxylic acids is 1. The smallest absolute Gasteiger partial charge is 0.309 e. The van der Waals surface area contributed by atoms with E-state index in [1.165, 1.54) is 12.8 Å². The van der Waals surface area contributed by atoms with Gasteiger partial charge in [0.1, 0.15) is 0 Å². The first-order valence-electron chi connectivity index (χ1n) is 6.26. The zero-order valence-electron chi connectivity index (χ0n) is 9.82. The van der Waals surface area contributed by atoms with Gasteiger partial charge in [0.2, 0.25) is 0 Å². The van der Waals surface area contributed by atoms with E-state index in [1.54, 1.807) is 0 Å². The van der Waals surface area contributed by atoms with Crippen LogP contribution in [0.2, 0.25) is 0 Å². The van der Waals surface area contributed by atoms with Crippen molar-refractivity contribution in [1.29, 1.82) is 0 Å². The molecular weight excluding hydrogens is 188 g/mol. The highest BCUT2D eigenvalue weighted by atomic mass is 16.5. The topological polar surface area (TPSA) is 26.3 Å². The van der Waals surface area contributed by atoms with Crippen LogP contribution in [0.15, 0.2) is 0 Å². The summed E-state index contributed by atoms with van der Waals surface area (Å²) in [7, 11) is 0. The van der Waals surface area contributed by atoms with Gasteiger partial charge in [0, 0.05) is 0 Å². The summed E-state index contributed by atoms with van der Waals surface area (Å²) in [5.74, 6) is 2.88. The van der Waals surface area contributed by atoms with E-state index in [0.29, 0.717) is 5.41 Å². The zero-order chi connectivity index (χ0) is 10.8. The summed E-state index contributed by atoms with van der Waals surface area (Å²) < 4.78 is 5.35. The fraction of sp³-hybridized carbons (Fsp3) is 0.923. The van der Waals surface area contributed by atoms with Crippen molar-refractivity contribution in [3.8, 4) is 0 Å². The van der Waals surface area contributed by atoms with Crippen LogP contribution in [0.3, 0.4) is 0 Å². The average Bonchev–Trinajstić information content (AvgIpc) is 2.82. The maximum Gasteiger partial charge on any atom is 0.309 e. The first-order valence-corrected chi connectivity index (χ1v) is 6.26. The number of carbonyl (C=O) groups is 1. The Bertz CT molecular complexity index is 306. The third kappa shape index (κ3) is 1.08. The third-order valence-electron chi connectivity index (χ3n) is 5.01. The molecule has 3 fully saturated rings. The molecule has 0 bridgehead atoms. The second-order valence-corrected chi connectivity index (χ2v) is 6.11. The number of esters is 1. The molecular formula is C13H20O2. The maximum absolute atomic E-state index is 11.9. The van der Waals surface area contributed by atoms with Crippen molar-refractivity contribution in [1.82, 2.24) is 0 Å². The molecule has 3 saturated carbocycles. The minimum absolute atomic E-state index is 0.0453. The fourth-order valence-corrected chi connectivity index (χ4v) is 4.33. The molecule has 15 heavy (non-hydrogen) atoms. The van der Waals surface area contributed by atoms with Gasteiger partial charge in [-0.05, 0) is 56.3 Å². The van der Waals surface area contributed by atoms with Gasteiger partial charge in [-0.1, -0.05) is 6.92 Å². The third-order valence-corrected chi connectivity index (χ3v) is 5.01. The van der Waals surface area contributed by atoms with Crippen LogP contribution in [-0.2, 0) is 9.53 Å². The molecule has 5 atom stereocenters. The lowest BCUT2D eigenvalue weighted by molar-refractivity contribution is -0.163. The molecule has 3 aliphatic carbocycles.